The van der Waals surface area contributed by atoms with Crippen molar-refractivity contribution < 1.29 is 45.7 Å². The lowest BCUT2D eigenvalue weighted by atomic mass is 9.97. The number of nitrogens with zero attached hydrogens (tertiary/aromatic N) is 1. The van der Waals surface area contributed by atoms with E-state index in [2.05, 4.69) is 14.5 Å². The topological polar surface area (TPSA) is 68.7 Å². The van der Waals surface area contributed by atoms with E-state index in [0.717, 1.165) is 24.3 Å². The Kier molecular flexibility index (Phi) is 6.28. The summed E-state index contributed by atoms with van der Waals surface area (Å²) in [6.07, 6.45) is -8.80. The zero-order valence-corrected chi connectivity index (χ0v) is 15.9. The van der Waals surface area contributed by atoms with Gasteiger partial charge in [-0.2, -0.15) is 0 Å². The number of ether oxygens (including phenoxy) is 2. The molecule has 2 aromatic carbocycles. The fourth-order valence-electron chi connectivity index (χ4n) is 2.87. The second-order valence-corrected chi connectivity index (χ2v) is 6.43. The average molecular weight is 457 g/mol. The molecule has 0 amide bonds. The zero-order chi connectivity index (χ0) is 23.5. The molecule has 0 saturated carbocycles. The summed E-state index contributed by atoms with van der Waals surface area (Å²) in [5.74, 6) is -2.04. The molecule has 0 unspecified atom stereocenters. The molecule has 1 N–H and O–H groups in total. The third kappa shape index (κ3) is 6.37. The van der Waals surface area contributed by atoms with Crippen LogP contribution in [-0.4, -0.2) is 28.8 Å². The van der Waals surface area contributed by atoms with Crippen molar-refractivity contribution in [2.45, 2.75) is 19.1 Å². The lowest BCUT2D eigenvalue weighted by molar-refractivity contribution is -0.275. The summed E-state index contributed by atoms with van der Waals surface area (Å²) in [4.78, 5) is 15.3. The summed E-state index contributed by atoms with van der Waals surface area (Å²) in [5, 5.41) is 9.13. The molecule has 1 aromatic heterocycles. The van der Waals surface area contributed by atoms with E-state index in [4.69, 9.17) is 5.11 Å². The molecule has 0 saturated heterocycles. The maximum atomic E-state index is 12.4. The van der Waals surface area contributed by atoms with Gasteiger partial charge in [-0.05, 0) is 41.5 Å². The molecular formula is C21H13F6NO4. The van der Waals surface area contributed by atoms with Crippen molar-refractivity contribution in [2.75, 3.05) is 0 Å². The molecule has 0 atom stereocenters. The highest BCUT2D eigenvalue weighted by Gasteiger charge is 2.31. The van der Waals surface area contributed by atoms with E-state index in [1.54, 1.807) is 6.07 Å². The summed E-state index contributed by atoms with van der Waals surface area (Å²) in [6, 6.07) is 11.3. The quantitative estimate of drug-likeness (QED) is 0.471. The minimum Gasteiger partial charge on any atom is -0.481 e. The number of carbonyl (C=O) groups is 1. The molecule has 168 valence electrons. The Labute approximate surface area is 176 Å². The van der Waals surface area contributed by atoms with Crippen molar-refractivity contribution in [3.8, 4) is 33.8 Å². The van der Waals surface area contributed by atoms with Gasteiger partial charge in [-0.15, -0.1) is 26.3 Å². The molecule has 0 spiro atoms. The van der Waals surface area contributed by atoms with Crippen LogP contribution in [0, 0.1) is 0 Å². The third-order valence-electron chi connectivity index (χ3n) is 4.11. The molecular weight excluding hydrogens is 444 g/mol. The molecule has 0 fully saturated rings. The van der Waals surface area contributed by atoms with Crippen LogP contribution in [0.25, 0.3) is 22.3 Å². The minimum atomic E-state index is -4.86. The molecule has 3 rings (SSSR count). The Morgan fingerprint density at radius 3 is 1.69 bits per heavy atom. The lowest BCUT2D eigenvalue weighted by Crippen LogP contribution is -2.16. The first-order valence-corrected chi connectivity index (χ1v) is 8.83. The van der Waals surface area contributed by atoms with Crippen molar-refractivity contribution in [1.29, 1.82) is 0 Å². The largest absolute Gasteiger partial charge is 0.573 e. The van der Waals surface area contributed by atoms with Crippen LogP contribution in [0.15, 0.2) is 60.8 Å². The monoisotopic (exact) mass is 457 g/mol. The number of carboxylic acid groups (broad SMARTS) is 1. The van der Waals surface area contributed by atoms with Crippen molar-refractivity contribution in [1.82, 2.24) is 4.98 Å². The highest BCUT2D eigenvalue weighted by atomic mass is 19.4. The number of hydrogen-bond donors (Lipinski definition) is 1. The molecule has 3 aromatic rings. The van der Waals surface area contributed by atoms with E-state index in [1.165, 1.54) is 30.5 Å². The van der Waals surface area contributed by atoms with Crippen molar-refractivity contribution >= 4 is 5.97 Å². The fraction of sp³-hybridized carbons (Fsp3) is 0.143. The van der Waals surface area contributed by atoms with Gasteiger partial charge in [-0.25, -0.2) is 0 Å². The van der Waals surface area contributed by atoms with Gasteiger partial charge in [0.05, 0.1) is 12.1 Å². The smallest absolute Gasteiger partial charge is 0.481 e. The van der Waals surface area contributed by atoms with E-state index in [-0.39, 0.29) is 5.69 Å². The van der Waals surface area contributed by atoms with Gasteiger partial charge in [-0.3, -0.25) is 9.78 Å². The van der Waals surface area contributed by atoms with E-state index < -0.39 is 36.6 Å². The number of alkyl halides is 6. The van der Waals surface area contributed by atoms with Gasteiger partial charge in [0.1, 0.15) is 11.5 Å². The van der Waals surface area contributed by atoms with Crippen LogP contribution in [0.5, 0.6) is 11.5 Å². The van der Waals surface area contributed by atoms with E-state index in [9.17, 15) is 31.1 Å². The average Bonchev–Trinajstić information content (AvgIpc) is 2.67. The van der Waals surface area contributed by atoms with Gasteiger partial charge < -0.3 is 14.6 Å². The van der Waals surface area contributed by atoms with Crippen LogP contribution in [0.2, 0.25) is 0 Å². The Bertz CT molecular complexity index is 1090. The van der Waals surface area contributed by atoms with Crippen molar-refractivity contribution in [2.24, 2.45) is 0 Å². The van der Waals surface area contributed by atoms with Crippen LogP contribution in [0.3, 0.4) is 0 Å². The maximum Gasteiger partial charge on any atom is 0.573 e. The first-order valence-electron chi connectivity index (χ1n) is 8.83. The maximum absolute atomic E-state index is 12.4. The molecule has 0 aliphatic rings. The highest BCUT2D eigenvalue weighted by molar-refractivity contribution is 5.79. The zero-order valence-electron chi connectivity index (χ0n) is 15.9. The van der Waals surface area contributed by atoms with Gasteiger partial charge in [0.2, 0.25) is 0 Å². The van der Waals surface area contributed by atoms with E-state index in [0.29, 0.717) is 22.3 Å². The van der Waals surface area contributed by atoms with Gasteiger partial charge in [0.25, 0.3) is 0 Å². The third-order valence-corrected chi connectivity index (χ3v) is 4.11. The van der Waals surface area contributed by atoms with Crippen LogP contribution in [0.1, 0.15) is 5.69 Å². The van der Waals surface area contributed by atoms with Gasteiger partial charge in [-0.1, -0.05) is 24.3 Å². The van der Waals surface area contributed by atoms with Gasteiger partial charge in [0.15, 0.2) is 0 Å². The van der Waals surface area contributed by atoms with Crippen LogP contribution in [0.4, 0.5) is 26.3 Å². The number of aliphatic carboxylic acids is 1. The molecule has 0 aliphatic carbocycles. The molecule has 5 nitrogen and oxygen atoms in total. The summed E-state index contributed by atoms with van der Waals surface area (Å²) in [5.41, 5.74) is 1.78. The van der Waals surface area contributed by atoms with Crippen molar-refractivity contribution in [3.63, 3.8) is 0 Å². The van der Waals surface area contributed by atoms with Gasteiger partial charge in [0, 0.05) is 17.3 Å². The number of hydrogen-bond acceptors (Lipinski definition) is 4. The highest BCUT2D eigenvalue weighted by Crippen LogP contribution is 2.32. The number of rotatable bonds is 6. The predicted molar refractivity (Wildman–Crippen MR) is 99.8 cm³/mol. The first kappa shape index (κ1) is 22.9. The van der Waals surface area contributed by atoms with Crippen LogP contribution in [-0.2, 0) is 11.2 Å². The second-order valence-electron chi connectivity index (χ2n) is 6.43. The Morgan fingerprint density at radius 1 is 0.781 bits per heavy atom. The molecule has 0 bridgehead atoms. The molecule has 11 heteroatoms. The predicted octanol–water partition coefficient (Wildman–Crippen LogP) is 5.84. The van der Waals surface area contributed by atoms with Crippen LogP contribution >= 0.6 is 0 Å². The number of carboxylic acids is 1. The summed E-state index contributed by atoms with van der Waals surface area (Å²) in [6.45, 7) is 0. The standard InChI is InChI=1S/C21H13F6NO4/c22-20(23,24)31-15-5-1-12(2-6-15)14-9-17(18(28-11-14)10-19(29)30)13-3-7-16(8-4-13)32-21(25,26)27/h1-9,11H,10H2,(H,29,30). The molecule has 32 heavy (non-hydrogen) atoms. The second kappa shape index (κ2) is 8.77. The number of halogens is 6. The normalized spacial score (nSPS) is 11.8. The van der Waals surface area contributed by atoms with E-state index >= 15 is 0 Å². The van der Waals surface area contributed by atoms with E-state index in [1.807, 2.05) is 0 Å². The van der Waals surface area contributed by atoms with Crippen LogP contribution < -0.4 is 9.47 Å². The lowest BCUT2D eigenvalue weighted by Gasteiger charge is -2.13. The molecule has 1 heterocycles. The summed E-state index contributed by atoms with van der Waals surface area (Å²) in [7, 11) is 0. The summed E-state index contributed by atoms with van der Waals surface area (Å²) >= 11 is 0. The summed E-state index contributed by atoms with van der Waals surface area (Å²) < 4.78 is 81.7. The molecule has 0 radical (unpaired) electrons. The molecule has 0 aliphatic heterocycles. The first-order chi connectivity index (χ1) is 14.9. The fourth-order valence-corrected chi connectivity index (χ4v) is 2.87. The minimum absolute atomic E-state index is 0.155. The van der Waals surface area contributed by atoms with Crippen molar-refractivity contribution in [3.05, 3.63) is 66.5 Å². The van der Waals surface area contributed by atoms with Gasteiger partial charge >= 0.3 is 18.7 Å². The SMILES string of the molecule is O=C(O)Cc1ncc(-c2ccc(OC(F)(F)F)cc2)cc1-c1ccc(OC(F)(F)F)cc1. The Hall–Kier alpha value is -3.76. The number of benzene rings is 2. The Morgan fingerprint density at radius 2 is 1.25 bits per heavy atom. The number of aromatic nitrogens is 1. The Balaban J connectivity index is 1.96. The number of pyridine rings is 1.